The van der Waals surface area contributed by atoms with Crippen LogP contribution in [0.25, 0.3) is 10.9 Å². The Kier molecular flexibility index (Phi) is 1.55. The van der Waals surface area contributed by atoms with Crippen molar-refractivity contribution < 1.29 is 4.79 Å². The van der Waals surface area contributed by atoms with Crippen LogP contribution in [-0.2, 0) is 0 Å². The molecule has 0 spiro atoms. The maximum Gasteiger partial charge on any atom is 0.250 e. The number of benzene rings is 1. The van der Waals surface area contributed by atoms with E-state index in [1.54, 1.807) is 12.1 Å². The van der Waals surface area contributed by atoms with Crippen LogP contribution in [0.15, 0.2) is 23.6 Å². The lowest BCUT2D eigenvalue weighted by Gasteiger charge is -1.94. The van der Waals surface area contributed by atoms with Crippen molar-refractivity contribution in [3.05, 3.63) is 29.1 Å². The molecule has 0 aliphatic carbocycles. The van der Waals surface area contributed by atoms with Gasteiger partial charge in [0.1, 0.15) is 0 Å². The smallest absolute Gasteiger partial charge is 0.250 e. The van der Waals surface area contributed by atoms with Gasteiger partial charge in [0.2, 0.25) is 0 Å². The van der Waals surface area contributed by atoms with E-state index in [-0.39, 0.29) is 0 Å². The predicted molar refractivity (Wildman–Crippen MR) is 48.1 cm³/mol. The van der Waals surface area contributed by atoms with Crippen molar-refractivity contribution in [3.63, 3.8) is 0 Å². The lowest BCUT2D eigenvalue weighted by atomic mass is 10.1. The molecule has 12 heavy (non-hydrogen) atoms. The first-order valence-corrected chi connectivity index (χ1v) is 4.25. The second-order valence-corrected chi connectivity index (χ2v) is 3.05. The average molecular weight is 178 g/mol. The first-order valence-electron chi connectivity index (χ1n) is 3.42. The molecule has 0 bridgehead atoms. The molecule has 2 rings (SSSR count). The molecule has 0 fully saturated rings. The number of amides is 1. The molecule has 0 unspecified atom stereocenters. The molecule has 0 saturated carbocycles. The third-order valence-electron chi connectivity index (χ3n) is 1.66. The summed E-state index contributed by atoms with van der Waals surface area (Å²) in [5.74, 6) is -0.425. The number of nitrogens with two attached hydrogens (primary N) is 1. The number of carbonyl (C=O) groups excluding carboxylic acids is 1. The molecule has 4 heteroatoms. The Balaban J connectivity index is 2.82. The average Bonchev–Trinajstić information content (AvgIpc) is 2.49. The Labute approximate surface area is 73.0 Å². The van der Waals surface area contributed by atoms with Crippen LogP contribution in [0.1, 0.15) is 10.4 Å². The van der Waals surface area contributed by atoms with Crippen molar-refractivity contribution >= 4 is 28.3 Å². The van der Waals surface area contributed by atoms with Crippen molar-refractivity contribution in [2.45, 2.75) is 0 Å². The fourth-order valence-electron chi connectivity index (χ4n) is 1.09. The molecular weight excluding hydrogens is 172 g/mol. The van der Waals surface area contributed by atoms with Crippen LogP contribution in [0.3, 0.4) is 0 Å². The van der Waals surface area contributed by atoms with Crippen molar-refractivity contribution in [1.29, 1.82) is 0 Å². The standard InChI is InChI=1S/C8H6N2OS/c9-8(11)6-3-1-2-5-4-12-10-7(5)6/h1-4H,(H2,9,11). The third kappa shape index (κ3) is 0.967. The summed E-state index contributed by atoms with van der Waals surface area (Å²) in [6.45, 7) is 0. The van der Waals surface area contributed by atoms with E-state index < -0.39 is 5.91 Å². The van der Waals surface area contributed by atoms with Gasteiger partial charge in [-0.25, -0.2) is 0 Å². The zero-order valence-electron chi connectivity index (χ0n) is 6.15. The lowest BCUT2D eigenvalue weighted by Crippen LogP contribution is -2.11. The van der Waals surface area contributed by atoms with Crippen LogP contribution in [0.5, 0.6) is 0 Å². The molecule has 2 N–H and O–H groups in total. The van der Waals surface area contributed by atoms with E-state index >= 15 is 0 Å². The monoisotopic (exact) mass is 178 g/mol. The highest BCUT2D eigenvalue weighted by Gasteiger charge is 2.06. The summed E-state index contributed by atoms with van der Waals surface area (Å²) in [5, 5.41) is 2.86. The zero-order chi connectivity index (χ0) is 8.55. The fraction of sp³-hybridized carbons (Fsp3) is 0. The molecule has 1 amide bonds. The number of hydrogen-bond acceptors (Lipinski definition) is 3. The number of nitrogens with zero attached hydrogens (tertiary/aromatic N) is 1. The molecular formula is C8H6N2OS. The van der Waals surface area contributed by atoms with Crippen molar-refractivity contribution in [1.82, 2.24) is 4.37 Å². The highest BCUT2D eigenvalue weighted by atomic mass is 32.1. The van der Waals surface area contributed by atoms with Gasteiger partial charge in [0, 0.05) is 10.8 Å². The molecule has 0 atom stereocenters. The van der Waals surface area contributed by atoms with E-state index in [0.717, 1.165) is 5.39 Å². The van der Waals surface area contributed by atoms with Gasteiger partial charge >= 0.3 is 0 Å². The van der Waals surface area contributed by atoms with E-state index in [2.05, 4.69) is 4.37 Å². The van der Waals surface area contributed by atoms with Gasteiger partial charge in [-0.3, -0.25) is 4.79 Å². The summed E-state index contributed by atoms with van der Waals surface area (Å²) in [6.07, 6.45) is 0. The number of fused-ring (bicyclic) bond motifs is 1. The summed E-state index contributed by atoms with van der Waals surface area (Å²) >= 11 is 1.33. The molecule has 1 aromatic heterocycles. The summed E-state index contributed by atoms with van der Waals surface area (Å²) in [7, 11) is 0. The van der Waals surface area contributed by atoms with Gasteiger partial charge in [-0.2, -0.15) is 4.37 Å². The molecule has 0 radical (unpaired) electrons. The number of hydrogen-bond donors (Lipinski definition) is 1. The van der Waals surface area contributed by atoms with E-state index in [4.69, 9.17) is 5.73 Å². The fourth-order valence-corrected chi connectivity index (χ4v) is 1.76. The Morgan fingerprint density at radius 3 is 3.08 bits per heavy atom. The van der Waals surface area contributed by atoms with Crippen LogP contribution in [0.2, 0.25) is 0 Å². The van der Waals surface area contributed by atoms with Crippen LogP contribution < -0.4 is 5.73 Å². The minimum atomic E-state index is -0.425. The molecule has 0 aliphatic heterocycles. The molecule has 0 aliphatic rings. The lowest BCUT2D eigenvalue weighted by molar-refractivity contribution is 0.100. The normalized spacial score (nSPS) is 10.3. The van der Waals surface area contributed by atoms with Gasteiger partial charge in [-0.1, -0.05) is 12.1 Å². The SMILES string of the molecule is NC(=O)c1cccc2csnc12. The maximum atomic E-state index is 10.9. The van der Waals surface area contributed by atoms with Crippen molar-refractivity contribution in [3.8, 4) is 0 Å². The Bertz CT molecular complexity index is 435. The Hall–Kier alpha value is -1.42. The van der Waals surface area contributed by atoms with Gasteiger partial charge in [0.15, 0.2) is 0 Å². The molecule has 3 nitrogen and oxygen atoms in total. The minimum Gasteiger partial charge on any atom is -0.366 e. The quantitative estimate of drug-likeness (QED) is 0.717. The van der Waals surface area contributed by atoms with Crippen molar-refractivity contribution in [2.24, 2.45) is 5.73 Å². The van der Waals surface area contributed by atoms with Crippen LogP contribution >= 0.6 is 11.5 Å². The molecule has 1 aromatic carbocycles. The summed E-state index contributed by atoms with van der Waals surface area (Å²) in [5.41, 5.74) is 6.36. The highest BCUT2D eigenvalue weighted by molar-refractivity contribution is 7.04. The molecule has 1 heterocycles. The Morgan fingerprint density at radius 1 is 1.50 bits per heavy atom. The van der Waals surface area contributed by atoms with E-state index in [1.807, 2.05) is 11.4 Å². The van der Waals surface area contributed by atoms with E-state index in [9.17, 15) is 4.79 Å². The van der Waals surface area contributed by atoms with Gasteiger partial charge in [-0.15, -0.1) is 0 Å². The number of carbonyl (C=O) groups is 1. The summed E-state index contributed by atoms with van der Waals surface area (Å²) in [4.78, 5) is 10.9. The third-order valence-corrected chi connectivity index (χ3v) is 2.30. The van der Waals surface area contributed by atoms with Gasteiger partial charge in [0.25, 0.3) is 5.91 Å². The first kappa shape index (κ1) is 7.24. The minimum absolute atomic E-state index is 0.425. The number of aromatic nitrogens is 1. The maximum absolute atomic E-state index is 10.9. The van der Waals surface area contributed by atoms with Crippen molar-refractivity contribution in [2.75, 3.05) is 0 Å². The van der Waals surface area contributed by atoms with Gasteiger partial charge in [-0.05, 0) is 17.6 Å². The summed E-state index contributed by atoms with van der Waals surface area (Å²) < 4.78 is 4.08. The van der Waals surface area contributed by atoms with Crippen LogP contribution in [0.4, 0.5) is 0 Å². The van der Waals surface area contributed by atoms with Gasteiger partial charge < -0.3 is 5.73 Å². The first-order chi connectivity index (χ1) is 5.79. The topological polar surface area (TPSA) is 56.0 Å². The number of rotatable bonds is 1. The second-order valence-electron chi connectivity index (χ2n) is 2.42. The van der Waals surface area contributed by atoms with Crippen LogP contribution in [-0.4, -0.2) is 10.3 Å². The van der Waals surface area contributed by atoms with E-state index in [1.165, 1.54) is 11.5 Å². The van der Waals surface area contributed by atoms with Crippen LogP contribution in [0, 0.1) is 0 Å². The Morgan fingerprint density at radius 2 is 2.33 bits per heavy atom. The molecule has 0 saturated heterocycles. The summed E-state index contributed by atoms with van der Waals surface area (Å²) in [6, 6.07) is 5.40. The second kappa shape index (κ2) is 2.57. The largest absolute Gasteiger partial charge is 0.366 e. The highest BCUT2D eigenvalue weighted by Crippen LogP contribution is 2.18. The molecule has 60 valence electrons. The zero-order valence-corrected chi connectivity index (χ0v) is 6.97. The van der Waals surface area contributed by atoms with E-state index in [0.29, 0.717) is 11.1 Å². The predicted octanol–water partition coefficient (Wildman–Crippen LogP) is 1.40. The van der Waals surface area contributed by atoms with Gasteiger partial charge in [0.05, 0.1) is 11.1 Å². The molecule has 2 aromatic rings. The number of primary amides is 1.